The monoisotopic (exact) mass is 627 g/mol. The van der Waals surface area contributed by atoms with Crippen LogP contribution in [0.3, 0.4) is 0 Å². The number of carbonyl (C=O) groups excluding carboxylic acids is 3. The number of hydrogen-bond donors (Lipinski definition) is 4. The number of likely N-dealkylation sites (tertiary alicyclic amines) is 2. The third-order valence-electron chi connectivity index (χ3n) is 10.7. The molecular formula is C34H45N9O3. The van der Waals surface area contributed by atoms with Crippen LogP contribution in [0.2, 0.25) is 0 Å². The van der Waals surface area contributed by atoms with E-state index in [4.69, 9.17) is 0 Å². The second kappa shape index (κ2) is 13.7. The average Bonchev–Trinajstić information content (AvgIpc) is 3.50. The van der Waals surface area contributed by atoms with Crippen molar-refractivity contribution in [3.05, 3.63) is 53.6 Å². The number of carbonyl (C=O) groups is 3. The summed E-state index contributed by atoms with van der Waals surface area (Å²) in [7, 11) is 0. The summed E-state index contributed by atoms with van der Waals surface area (Å²) in [5, 5.41) is 20.7. The van der Waals surface area contributed by atoms with E-state index in [9.17, 15) is 14.4 Å². The van der Waals surface area contributed by atoms with Crippen LogP contribution in [0.4, 0.5) is 15.3 Å². The molecule has 4 N–H and O–H groups in total. The van der Waals surface area contributed by atoms with Crippen LogP contribution < -0.4 is 16.0 Å². The predicted molar refractivity (Wildman–Crippen MR) is 175 cm³/mol. The highest BCUT2D eigenvalue weighted by Crippen LogP contribution is 2.31. The molecule has 5 amide bonds. The fourth-order valence-corrected chi connectivity index (χ4v) is 7.93. The number of nitrogens with one attached hydrogen (secondary N) is 4. The van der Waals surface area contributed by atoms with E-state index in [-0.39, 0.29) is 24.0 Å². The molecule has 1 atom stereocenters. The Hall–Kier alpha value is -4.19. The molecular weight excluding hydrogens is 582 g/mol. The van der Waals surface area contributed by atoms with E-state index >= 15 is 0 Å². The minimum atomic E-state index is -0.681. The lowest BCUT2D eigenvalue weighted by Crippen LogP contribution is -2.57. The van der Waals surface area contributed by atoms with Gasteiger partial charge in [-0.05, 0) is 99.2 Å². The second-order valence-corrected chi connectivity index (χ2v) is 13.4. The standard InChI is InChI=1S/C34H45N9O3/c44-32(41-16-9-25(10-17-41)24-7-14-35-15-8-24)31(22-23-5-6-29-30(21-23)39-40-38-29)37-33(45)42-18-12-27(13-19-42)43-20-11-26-3-1-2-4-28(26)36-34(43)46/h1-6,21,24-25,27,31,35H,7-20,22H2,(H,36,46)(H,37,45)(H,38,39,40). The van der Waals surface area contributed by atoms with E-state index in [1.165, 1.54) is 12.8 Å². The van der Waals surface area contributed by atoms with Gasteiger partial charge in [0.15, 0.2) is 0 Å². The van der Waals surface area contributed by atoms with Crippen LogP contribution in [0.15, 0.2) is 42.5 Å². The number of benzene rings is 2. The SMILES string of the molecule is O=C(NC(Cc1ccc2n[nH]nc2c1)C(=O)N1CCC(C2CCNCC2)CC1)N1CCC(N2CCc3ccccc3NC2=O)CC1. The number of fused-ring (bicyclic) bond motifs is 2. The van der Waals surface area contributed by atoms with E-state index < -0.39 is 6.04 Å². The molecule has 0 radical (unpaired) electrons. The number of piperidine rings is 3. The molecule has 4 aliphatic rings. The third-order valence-corrected chi connectivity index (χ3v) is 10.7. The molecule has 46 heavy (non-hydrogen) atoms. The summed E-state index contributed by atoms with van der Waals surface area (Å²) in [6, 6.07) is 12.8. The van der Waals surface area contributed by atoms with Gasteiger partial charge in [0.1, 0.15) is 17.1 Å². The lowest BCUT2D eigenvalue weighted by Gasteiger charge is -2.40. The number of rotatable bonds is 6. The van der Waals surface area contributed by atoms with Gasteiger partial charge in [-0.15, -0.1) is 0 Å². The van der Waals surface area contributed by atoms with E-state index in [2.05, 4.69) is 37.4 Å². The molecule has 0 bridgehead atoms. The van der Waals surface area contributed by atoms with Crippen LogP contribution in [0.25, 0.3) is 11.0 Å². The zero-order chi connectivity index (χ0) is 31.5. The van der Waals surface area contributed by atoms with Crippen molar-refractivity contribution < 1.29 is 14.4 Å². The fourth-order valence-electron chi connectivity index (χ4n) is 7.93. The first kappa shape index (κ1) is 30.5. The number of aromatic amines is 1. The molecule has 4 aliphatic heterocycles. The zero-order valence-electron chi connectivity index (χ0n) is 26.4. The van der Waals surface area contributed by atoms with Crippen molar-refractivity contribution in [3.63, 3.8) is 0 Å². The predicted octanol–water partition coefficient (Wildman–Crippen LogP) is 3.37. The number of amides is 5. The van der Waals surface area contributed by atoms with Crippen LogP contribution in [0.1, 0.15) is 49.7 Å². The average molecular weight is 628 g/mol. The van der Waals surface area contributed by atoms with Crippen LogP contribution in [0.5, 0.6) is 0 Å². The Bertz CT molecular complexity index is 1540. The number of H-pyrrole nitrogens is 1. The molecule has 244 valence electrons. The Morgan fingerprint density at radius 1 is 0.848 bits per heavy atom. The zero-order valence-corrected chi connectivity index (χ0v) is 26.4. The lowest BCUT2D eigenvalue weighted by atomic mass is 9.79. The number of aromatic nitrogens is 3. The highest BCUT2D eigenvalue weighted by molar-refractivity contribution is 5.91. The van der Waals surface area contributed by atoms with Crippen molar-refractivity contribution in [2.45, 2.75) is 63.5 Å². The number of hydrogen-bond acceptors (Lipinski definition) is 6. The Labute approximate surface area is 269 Å². The van der Waals surface area contributed by atoms with Crippen molar-refractivity contribution >= 4 is 34.7 Å². The minimum absolute atomic E-state index is 0.0203. The van der Waals surface area contributed by atoms with Gasteiger partial charge in [-0.3, -0.25) is 4.79 Å². The summed E-state index contributed by atoms with van der Waals surface area (Å²) in [4.78, 5) is 46.5. The van der Waals surface area contributed by atoms with Gasteiger partial charge in [-0.1, -0.05) is 24.3 Å². The number of urea groups is 2. The Kier molecular flexibility index (Phi) is 9.05. The van der Waals surface area contributed by atoms with Gasteiger partial charge in [0.05, 0.1) is 0 Å². The maximum absolute atomic E-state index is 14.0. The third kappa shape index (κ3) is 6.67. The molecule has 0 saturated carbocycles. The number of nitrogens with zero attached hydrogens (tertiary/aromatic N) is 5. The van der Waals surface area contributed by atoms with E-state index in [1.807, 2.05) is 46.2 Å². The van der Waals surface area contributed by atoms with Crippen molar-refractivity contribution in [1.29, 1.82) is 0 Å². The van der Waals surface area contributed by atoms with Gasteiger partial charge < -0.3 is 30.7 Å². The van der Waals surface area contributed by atoms with Gasteiger partial charge in [-0.2, -0.15) is 15.4 Å². The number of para-hydroxylation sites is 1. The first-order valence-electron chi connectivity index (χ1n) is 17.0. The van der Waals surface area contributed by atoms with Gasteiger partial charge in [-0.25, -0.2) is 9.59 Å². The normalized spacial score (nSPS) is 21.0. The molecule has 3 fully saturated rings. The quantitative estimate of drug-likeness (QED) is 0.331. The van der Waals surface area contributed by atoms with Gasteiger partial charge in [0.2, 0.25) is 5.91 Å². The summed E-state index contributed by atoms with van der Waals surface area (Å²) in [5.41, 5.74) is 4.45. The molecule has 12 nitrogen and oxygen atoms in total. The van der Waals surface area contributed by atoms with Crippen molar-refractivity contribution in [2.24, 2.45) is 11.8 Å². The van der Waals surface area contributed by atoms with Crippen LogP contribution in [-0.4, -0.2) is 106 Å². The highest BCUT2D eigenvalue weighted by atomic mass is 16.2. The molecule has 2 aromatic carbocycles. The first-order valence-corrected chi connectivity index (χ1v) is 17.0. The number of anilines is 1. The Balaban J connectivity index is 0.986. The van der Waals surface area contributed by atoms with Crippen molar-refractivity contribution in [2.75, 3.05) is 51.1 Å². The Morgan fingerprint density at radius 3 is 2.37 bits per heavy atom. The van der Waals surface area contributed by atoms with E-state index in [0.717, 1.165) is 79.2 Å². The van der Waals surface area contributed by atoms with Crippen LogP contribution in [0, 0.1) is 11.8 Å². The van der Waals surface area contributed by atoms with Gasteiger partial charge in [0.25, 0.3) is 0 Å². The first-order chi connectivity index (χ1) is 22.5. The smallest absolute Gasteiger partial charge is 0.322 e. The molecule has 1 unspecified atom stereocenters. The molecule has 7 rings (SSSR count). The van der Waals surface area contributed by atoms with Crippen LogP contribution in [-0.2, 0) is 17.6 Å². The maximum Gasteiger partial charge on any atom is 0.322 e. The second-order valence-electron chi connectivity index (χ2n) is 13.4. The largest absolute Gasteiger partial charge is 0.341 e. The highest BCUT2D eigenvalue weighted by Gasteiger charge is 2.35. The molecule has 1 aromatic heterocycles. The molecule has 3 saturated heterocycles. The summed E-state index contributed by atoms with van der Waals surface area (Å²) < 4.78 is 0. The fraction of sp³-hybridized carbons (Fsp3) is 0.559. The molecule has 0 aliphatic carbocycles. The van der Waals surface area contributed by atoms with E-state index in [1.54, 1.807) is 4.90 Å². The van der Waals surface area contributed by atoms with Crippen molar-refractivity contribution in [1.82, 2.24) is 40.7 Å². The van der Waals surface area contributed by atoms with Gasteiger partial charge >= 0.3 is 12.1 Å². The maximum atomic E-state index is 14.0. The van der Waals surface area contributed by atoms with Crippen molar-refractivity contribution in [3.8, 4) is 0 Å². The summed E-state index contributed by atoms with van der Waals surface area (Å²) in [5.74, 6) is 1.38. The molecule has 12 heteroatoms. The minimum Gasteiger partial charge on any atom is -0.341 e. The topological polar surface area (TPSA) is 139 Å². The Morgan fingerprint density at radius 2 is 1.57 bits per heavy atom. The molecule has 0 spiro atoms. The molecule has 5 heterocycles. The van der Waals surface area contributed by atoms with Crippen LogP contribution >= 0.6 is 0 Å². The van der Waals surface area contributed by atoms with E-state index in [0.29, 0.717) is 44.8 Å². The molecule has 3 aromatic rings. The lowest BCUT2D eigenvalue weighted by molar-refractivity contribution is -0.135. The summed E-state index contributed by atoms with van der Waals surface area (Å²) in [6.45, 7) is 5.35. The summed E-state index contributed by atoms with van der Waals surface area (Å²) in [6.07, 6.45) is 7.05. The van der Waals surface area contributed by atoms with Gasteiger partial charge in [0, 0.05) is 50.9 Å². The summed E-state index contributed by atoms with van der Waals surface area (Å²) >= 11 is 0.